The van der Waals surface area contributed by atoms with Crippen molar-refractivity contribution in [3.8, 4) is 0 Å². The molecule has 0 unspecified atom stereocenters. The van der Waals surface area contributed by atoms with E-state index in [0.29, 0.717) is 0 Å². The van der Waals surface area contributed by atoms with Crippen LogP contribution in [0.5, 0.6) is 0 Å². The minimum atomic E-state index is 0.146. The van der Waals surface area contributed by atoms with Crippen LogP contribution < -0.4 is 5.32 Å². The highest BCUT2D eigenvalue weighted by Gasteiger charge is 2.14. The fourth-order valence-electron chi connectivity index (χ4n) is 2.57. The third-order valence-corrected chi connectivity index (χ3v) is 3.55. The molecule has 0 aliphatic carbocycles. The van der Waals surface area contributed by atoms with E-state index in [4.69, 9.17) is 0 Å². The topological polar surface area (TPSA) is 15.3 Å². The first-order valence-electron chi connectivity index (χ1n) is 9.93. The van der Waals surface area contributed by atoms with Gasteiger partial charge in [0, 0.05) is 17.8 Å². The van der Waals surface area contributed by atoms with Gasteiger partial charge in [0.2, 0.25) is 0 Å². The van der Waals surface area contributed by atoms with Gasteiger partial charge in [-0.25, -0.2) is 0 Å². The van der Waals surface area contributed by atoms with Gasteiger partial charge in [-0.2, -0.15) is 0 Å². The highest BCUT2D eigenvalue weighted by atomic mass is 15.1. The van der Waals surface area contributed by atoms with Crippen molar-refractivity contribution < 1.29 is 0 Å². The Bertz CT molecular complexity index is 258. The average molecular weight is 327 g/mol. The number of nitrogens with one attached hydrogen (secondary N) is 1. The molecule has 0 radical (unpaired) electrons. The molecular weight excluding hydrogens is 280 g/mol. The maximum Gasteiger partial charge on any atom is 0.0375 e. The molecule has 2 heteroatoms. The first-order valence-corrected chi connectivity index (χ1v) is 9.93. The zero-order chi connectivity index (χ0) is 18.3. The lowest BCUT2D eigenvalue weighted by Gasteiger charge is -2.30. The predicted molar refractivity (Wildman–Crippen MR) is 108 cm³/mol. The molecule has 1 N–H and O–H groups in total. The second kappa shape index (κ2) is 15.1. The molecule has 23 heavy (non-hydrogen) atoms. The van der Waals surface area contributed by atoms with Crippen LogP contribution in [0.25, 0.3) is 0 Å². The lowest BCUT2D eigenvalue weighted by molar-refractivity contribution is 0.239. The molecule has 0 atom stereocenters. The molecule has 0 aromatic carbocycles. The van der Waals surface area contributed by atoms with Crippen LogP contribution in [0, 0.1) is 5.92 Å². The molecule has 2 nitrogen and oxygen atoms in total. The van der Waals surface area contributed by atoms with Crippen molar-refractivity contribution in [3.63, 3.8) is 0 Å². The van der Waals surface area contributed by atoms with Crippen molar-refractivity contribution in [2.75, 3.05) is 19.6 Å². The number of piperidine rings is 1. The Morgan fingerprint density at radius 3 is 1.96 bits per heavy atom. The first kappa shape index (κ1) is 24.7. The summed E-state index contributed by atoms with van der Waals surface area (Å²) in [4.78, 5) is 2.49. The van der Waals surface area contributed by atoms with Crippen LogP contribution in [0.15, 0.2) is 12.3 Å². The number of nitrogens with zero attached hydrogens (tertiary/aromatic N) is 1. The van der Waals surface area contributed by atoms with Gasteiger partial charge in [-0.15, -0.1) is 0 Å². The summed E-state index contributed by atoms with van der Waals surface area (Å²) in [5, 5.41) is 3.43. The summed E-state index contributed by atoms with van der Waals surface area (Å²) in [5.41, 5.74) is 1.30. The van der Waals surface area contributed by atoms with E-state index in [-0.39, 0.29) is 5.54 Å². The van der Waals surface area contributed by atoms with Crippen LogP contribution >= 0.6 is 0 Å². The maximum atomic E-state index is 4.08. The van der Waals surface area contributed by atoms with Crippen LogP contribution in [-0.2, 0) is 0 Å². The van der Waals surface area contributed by atoms with Gasteiger partial charge in [0.25, 0.3) is 0 Å². The Hall–Kier alpha value is -0.500. The highest BCUT2D eigenvalue weighted by Crippen LogP contribution is 2.10. The molecule has 0 saturated carbocycles. The second-order valence-electron chi connectivity index (χ2n) is 7.85. The van der Waals surface area contributed by atoms with Crippen molar-refractivity contribution in [1.29, 1.82) is 0 Å². The summed E-state index contributed by atoms with van der Waals surface area (Å²) < 4.78 is 0. The Balaban J connectivity index is 0. The van der Waals surface area contributed by atoms with Gasteiger partial charge in [0.15, 0.2) is 0 Å². The number of hydrogen-bond donors (Lipinski definition) is 1. The van der Waals surface area contributed by atoms with E-state index >= 15 is 0 Å². The number of likely N-dealkylation sites (tertiary alicyclic amines) is 1. The summed E-state index contributed by atoms with van der Waals surface area (Å²) in [6.45, 7) is 24.9. The molecule has 1 rings (SSSR count). The number of unbranched alkanes of at least 4 members (excludes halogenated alkanes) is 1. The van der Waals surface area contributed by atoms with Crippen molar-refractivity contribution >= 4 is 0 Å². The van der Waals surface area contributed by atoms with Crippen LogP contribution in [0.3, 0.4) is 0 Å². The lowest BCUT2D eigenvalue weighted by Crippen LogP contribution is -2.40. The average Bonchev–Trinajstić information content (AvgIpc) is 2.47. The van der Waals surface area contributed by atoms with Crippen LogP contribution in [0.2, 0.25) is 0 Å². The van der Waals surface area contributed by atoms with Gasteiger partial charge in [-0.3, -0.25) is 4.90 Å². The Labute approximate surface area is 148 Å². The van der Waals surface area contributed by atoms with Crippen molar-refractivity contribution in [2.24, 2.45) is 5.92 Å². The zero-order valence-corrected chi connectivity index (χ0v) is 17.6. The summed E-state index contributed by atoms with van der Waals surface area (Å²) in [7, 11) is 0. The second-order valence-corrected chi connectivity index (χ2v) is 7.85. The van der Waals surface area contributed by atoms with Gasteiger partial charge in [0.1, 0.15) is 0 Å². The molecule has 1 saturated heterocycles. The van der Waals surface area contributed by atoms with Gasteiger partial charge in [-0.05, 0) is 52.6 Å². The van der Waals surface area contributed by atoms with Gasteiger partial charge < -0.3 is 5.32 Å². The van der Waals surface area contributed by atoms with Crippen molar-refractivity contribution in [2.45, 2.75) is 99.5 Å². The molecule has 0 spiro atoms. The normalized spacial score (nSPS) is 15.2. The highest BCUT2D eigenvalue weighted by molar-refractivity contribution is 4.99. The van der Waals surface area contributed by atoms with Crippen LogP contribution in [0.4, 0.5) is 0 Å². The minimum absolute atomic E-state index is 0.146. The lowest BCUT2D eigenvalue weighted by atomic mass is 10.1. The fraction of sp³-hybridized carbons (Fsp3) is 0.905. The van der Waals surface area contributed by atoms with Gasteiger partial charge >= 0.3 is 0 Å². The van der Waals surface area contributed by atoms with Crippen LogP contribution in [-0.4, -0.2) is 30.1 Å². The largest absolute Gasteiger partial charge is 0.383 e. The molecule has 0 aromatic rings. The molecule has 1 aliphatic rings. The molecule has 1 fully saturated rings. The van der Waals surface area contributed by atoms with E-state index in [2.05, 4.69) is 58.3 Å². The maximum absolute atomic E-state index is 4.08. The van der Waals surface area contributed by atoms with Crippen molar-refractivity contribution in [3.05, 3.63) is 12.3 Å². The fourth-order valence-corrected chi connectivity index (χ4v) is 2.57. The Morgan fingerprint density at radius 2 is 1.61 bits per heavy atom. The standard InChI is InChI=1S/C12H24N2.C7H16.C2H6/c1-11(13-12(2,3)4)10-14-8-6-5-7-9-14;1-4-5-6-7(2)3;1-2/h13H,1,5-10H2,2-4H3;7H,4-6H2,1-3H3;1-2H3. The van der Waals surface area contributed by atoms with E-state index in [1.165, 1.54) is 51.6 Å². The van der Waals surface area contributed by atoms with Crippen molar-refractivity contribution in [1.82, 2.24) is 10.2 Å². The third-order valence-electron chi connectivity index (χ3n) is 3.55. The van der Waals surface area contributed by atoms with Gasteiger partial charge in [0.05, 0.1) is 0 Å². The number of rotatable bonds is 6. The molecular formula is C21H46N2. The molecule has 140 valence electrons. The Kier molecular flexibility index (Phi) is 16.2. The van der Waals surface area contributed by atoms with E-state index in [1.54, 1.807) is 0 Å². The van der Waals surface area contributed by atoms with E-state index in [1.807, 2.05) is 13.8 Å². The molecule has 0 amide bonds. The molecule has 1 heterocycles. The zero-order valence-electron chi connectivity index (χ0n) is 17.6. The predicted octanol–water partition coefficient (Wildman–Crippen LogP) is 6.23. The number of hydrogen-bond acceptors (Lipinski definition) is 2. The quantitative estimate of drug-likeness (QED) is 0.622. The first-order chi connectivity index (χ1) is 10.7. The van der Waals surface area contributed by atoms with E-state index in [0.717, 1.165) is 18.2 Å². The minimum Gasteiger partial charge on any atom is -0.383 e. The van der Waals surface area contributed by atoms with E-state index in [9.17, 15) is 0 Å². The molecule has 0 bridgehead atoms. The summed E-state index contributed by atoms with van der Waals surface area (Å²) in [6, 6.07) is 0. The Morgan fingerprint density at radius 1 is 1.09 bits per heavy atom. The third kappa shape index (κ3) is 19.5. The smallest absolute Gasteiger partial charge is 0.0375 e. The van der Waals surface area contributed by atoms with Crippen LogP contribution in [0.1, 0.15) is 93.9 Å². The SMILES string of the molecule is C=C(CN1CCCCC1)NC(C)(C)C.CC.CCCCC(C)C. The monoisotopic (exact) mass is 326 g/mol. The summed E-state index contributed by atoms with van der Waals surface area (Å²) in [5.74, 6) is 0.903. The molecule has 0 aromatic heterocycles. The summed E-state index contributed by atoms with van der Waals surface area (Å²) >= 11 is 0. The van der Waals surface area contributed by atoms with E-state index < -0.39 is 0 Å². The summed E-state index contributed by atoms with van der Waals surface area (Å²) in [6.07, 6.45) is 8.24. The molecule has 1 aliphatic heterocycles. The van der Waals surface area contributed by atoms with Gasteiger partial charge in [-0.1, -0.05) is 66.9 Å².